The van der Waals surface area contributed by atoms with Crippen molar-refractivity contribution in [2.45, 2.75) is 25.8 Å². The molecular weight excluding hydrogens is 424 g/mol. The molecule has 2 aromatic rings. The van der Waals surface area contributed by atoms with E-state index in [1.54, 1.807) is 13.8 Å². The molecule has 1 aliphatic heterocycles. The third-order valence-corrected chi connectivity index (χ3v) is 6.35. The lowest BCUT2D eigenvalue weighted by atomic mass is 9.91. The van der Waals surface area contributed by atoms with Crippen molar-refractivity contribution >= 4 is 18.0 Å². The average Bonchev–Trinajstić information content (AvgIpc) is 3.39. The number of hydrogen-bond donors (Lipinski definition) is 3. The molecule has 33 heavy (non-hydrogen) atoms. The second-order valence-corrected chi connectivity index (χ2v) is 9.13. The van der Waals surface area contributed by atoms with Crippen molar-refractivity contribution in [1.29, 1.82) is 0 Å². The van der Waals surface area contributed by atoms with E-state index in [0.717, 1.165) is 22.3 Å². The number of benzene rings is 2. The minimum absolute atomic E-state index is 0.0425. The van der Waals surface area contributed by atoms with Crippen LogP contribution < -0.4 is 10.6 Å². The van der Waals surface area contributed by atoms with E-state index in [0.29, 0.717) is 0 Å². The van der Waals surface area contributed by atoms with Gasteiger partial charge in [0.2, 0.25) is 5.91 Å². The minimum Gasteiger partial charge on any atom is -0.481 e. The first-order valence-corrected chi connectivity index (χ1v) is 11.0. The summed E-state index contributed by atoms with van der Waals surface area (Å²) in [6.45, 7) is 3.81. The van der Waals surface area contributed by atoms with E-state index < -0.39 is 29.4 Å². The van der Waals surface area contributed by atoms with Crippen molar-refractivity contribution in [2.75, 3.05) is 26.4 Å². The molecule has 2 aromatic carbocycles. The maximum atomic E-state index is 12.7. The molecule has 2 aliphatic rings. The van der Waals surface area contributed by atoms with Crippen LogP contribution in [0.1, 0.15) is 30.9 Å². The van der Waals surface area contributed by atoms with E-state index >= 15 is 0 Å². The van der Waals surface area contributed by atoms with Crippen LogP contribution in [-0.4, -0.2) is 55.5 Å². The quantitative estimate of drug-likeness (QED) is 0.595. The van der Waals surface area contributed by atoms with Gasteiger partial charge in [0.1, 0.15) is 12.5 Å². The Morgan fingerprint density at radius 2 is 1.64 bits per heavy atom. The molecule has 1 fully saturated rings. The SMILES string of the molecule is CC(C)(CNC(=O)OCC1c2ccccc2-c2ccccc21)C(=O)NC1COCC1C(=O)O. The number of nitrogens with one attached hydrogen (secondary N) is 2. The monoisotopic (exact) mass is 452 g/mol. The number of carbonyl (C=O) groups is 3. The predicted octanol–water partition coefficient (Wildman–Crippen LogP) is 2.77. The Kier molecular flexibility index (Phi) is 6.37. The van der Waals surface area contributed by atoms with Crippen LogP contribution >= 0.6 is 0 Å². The summed E-state index contributed by atoms with van der Waals surface area (Å²) < 4.78 is 10.7. The molecule has 2 unspecified atom stereocenters. The fourth-order valence-corrected chi connectivity index (χ4v) is 4.33. The van der Waals surface area contributed by atoms with Crippen molar-refractivity contribution in [3.63, 3.8) is 0 Å². The molecule has 8 heteroatoms. The molecule has 174 valence electrons. The summed E-state index contributed by atoms with van der Waals surface area (Å²) in [7, 11) is 0. The lowest BCUT2D eigenvalue weighted by Gasteiger charge is -2.26. The highest BCUT2D eigenvalue weighted by atomic mass is 16.5. The maximum Gasteiger partial charge on any atom is 0.407 e. The van der Waals surface area contributed by atoms with Crippen molar-refractivity contribution in [1.82, 2.24) is 10.6 Å². The molecule has 0 spiro atoms. The summed E-state index contributed by atoms with van der Waals surface area (Å²) >= 11 is 0. The van der Waals surface area contributed by atoms with Gasteiger partial charge < -0.3 is 25.2 Å². The second kappa shape index (κ2) is 9.23. The Morgan fingerprint density at radius 1 is 1.03 bits per heavy atom. The Labute approximate surface area is 192 Å². The van der Waals surface area contributed by atoms with Crippen LogP contribution in [-0.2, 0) is 19.1 Å². The van der Waals surface area contributed by atoms with Crippen molar-refractivity contribution < 1.29 is 29.0 Å². The number of alkyl carbamates (subject to hydrolysis) is 1. The van der Waals surface area contributed by atoms with Crippen LogP contribution in [0.4, 0.5) is 4.79 Å². The van der Waals surface area contributed by atoms with E-state index in [1.165, 1.54) is 0 Å². The lowest BCUT2D eigenvalue weighted by Crippen LogP contribution is -2.51. The van der Waals surface area contributed by atoms with Crippen molar-refractivity contribution in [3.8, 4) is 11.1 Å². The Bertz CT molecular complexity index is 1020. The van der Waals surface area contributed by atoms with Crippen molar-refractivity contribution in [2.24, 2.45) is 11.3 Å². The number of carboxylic acids is 1. The number of fused-ring (bicyclic) bond motifs is 3. The highest BCUT2D eigenvalue weighted by molar-refractivity contribution is 5.84. The zero-order chi connectivity index (χ0) is 23.6. The zero-order valence-electron chi connectivity index (χ0n) is 18.7. The van der Waals surface area contributed by atoms with E-state index in [2.05, 4.69) is 22.8 Å². The standard InChI is InChI=1S/C25H28N2O6/c1-25(2,23(30)27-21-13-32-11-20(21)22(28)29)14-26-24(31)33-12-19-17-9-5-3-7-15(17)16-8-4-6-10-18(16)19/h3-10,19-21H,11-14H2,1-2H3,(H,26,31)(H,27,30)(H,28,29). The van der Waals surface area contributed by atoms with E-state index in [1.807, 2.05) is 36.4 Å². The highest BCUT2D eigenvalue weighted by Gasteiger charge is 2.38. The molecule has 0 saturated carbocycles. The Hall–Kier alpha value is -3.39. The molecule has 8 nitrogen and oxygen atoms in total. The fraction of sp³-hybridized carbons (Fsp3) is 0.400. The topological polar surface area (TPSA) is 114 Å². The summed E-state index contributed by atoms with van der Waals surface area (Å²) in [6.07, 6.45) is -0.606. The first-order chi connectivity index (χ1) is 15.8. The van der Waals surface area contributed by atoms with Crippen LogP contribution in [0.15, 0.2) is 48.5 Å². The maximum absolute atomic E-state index is 12.7. The van der Waals surface area contributed by atoms with Crippen LogP contribution in [0.3, 0.4) is 0 Å². The zero-order valence-corrected chi connectivity index (χ0v) is 18.7. The van der Waals surface area contributed by atoms with Gasteiger partial charge in [-0.3, -0.25) is 9.59 Å². The van der Waals surface area contributed by atoms with E-state index in [9.17, 15) is 19.5 Å². The summed E-state index contributed by atoms with van der Waals surface area (Å²) in [5.41, 5.74) is 3.58. The van der Waals surface area contributed by atoms with Gasteiger partial charge in [-0.1, -0.05) is 48.5 Å². The summed E-state index contributed by atoms with van der Waals surface area (Å²) in [4.78, 5) is 36.4. The molecule has 1 heterocycles. The van der Waals surface area contributed by atoms with Gasteiger partial charge in [0.05, 0.1) is 24.7 Å². The Morgan fingerprint density at radius 3 is 2.24 bits per heavy atom. The third-order valence-electron chi connectivity index (χ3n) is 6.35. The number of rotatable bonds is 7. The summed E-state index contributed by atoms with van der Waals surface area (Å²) in [5.74, 6) is -2.19. The number of amides is 2. The second-order valence-electron chi connectivity index (χ2n) is 9.13. The predicted molar refractivity (Wildman–Crippen MR) is 121 cm³/mol. The molecule has 4 rings (SSSR count). The third kappa shape index (κ3) is 4.71. The molecule has 2 amide bonds. The number of ether oxygens (including phenoxy) is 2. The molecule has 0 aromatic heterocycles. The van der Waals surface area contributed by atoms with E-state index in [4.69, 9.17) is 9.47 Å². The first-order valence-electron chi connectivity index (χ1n) is 11.0. The smallest absolute Gasteiger partial charge is 0.407 e. The van der Waals surface area contributed by atoms with Crippen LogP contribution in [0, 0.1) is 11.3 Å². The molecule has 1 aliphatic carbocycles. The number of hydrogen-bond acceptors (Lipinski definition) is 5. The Balaban J connectivity index is 1.31. The number of carboxylic acid groups (broad SMARTS) is 1. The van der Waals surface area contributed by atoms with Crippen LogP contribution in [0.25, 0.3) is 11.1 Å². The molecular formula is C25H28N2O6. The van der Waals surface area contributed by atoms with Crippen molar-refractivity contribution in [3.05, 3.63) is 59.7 Å². The highest BCUT2D eigenvalue weighted by Crippen LogP contribution is 2.44. The van der Waals surface area contributed by atoms with Crippen LogP contribution in [0.2, 0.25) is 0 Å². The van der Waals surface area contributed by atoms with Gasteiger partial charge in [0.15, 0.2) is 0 Å². The average molecular weight is 453 g/mol. The van der Waals surface area contributed by atoms with Gasteiger partial charge in [-0.05, 0) is 36.1 Å². The van der Waals surface area contributed by atoms with Gasteiger partial charge in [-0.15, -0.1) is 0 Å². The first kappa shape index (κ1) is 22.8. The van der Waals surface area contributed by atoms with Gasteiger partial charge in [-0.25, -0.2) is 4.79 Å². The molecule has 3 N–H and O–H groups in total. The van der Waals surface area contributed by atoms with Gasteiger partial charge in [0.25, 0.3) is 0 Å². The van der Waals surface area contributed by atoms with Gasteiger partial charge in [-0.2, -0.15) is 0 Å². The molecule has 2 atom stereocenters. The number of carbonyl (C=O) groups excluding carboxylic acids is 2. The van der Waals surface area contributed by atoms with Gasteiger partial charge in [0, 0.05) is 12.5 Å². The molecule has 0 bridgehead atoms. The van der Waals surface area contributed by atoms with Gasteiger partial charge >= 0.3 is 12.1 Å². The lowest BCUT2D eigenvalue weighted by molar-refractivity contribution is -0.142. The molecule has 0 radical (unpaired) electrons. The number of aliphatic carboxylic acids is 1. The van der Waals surface area contributed by atoms with E-state index in [-0.39, 0.29) is 38.2 Å². The fourth-order valence-electron chi connectivity index (χ4n) is 4.33. The normalized spacial score (nSPS) is 19.5. The summed E-state index contributed by atoms with van der Waals surface area (Å²) in [5, 5.41) is 14.6. The minimum atomic E-state index is -1.01. The summed E-state index contributed by atoms with van der Waals surface area (Å²) in [6, 6.07) is 15.6. The van der Waals surface area contributed by atoms with Crippen LogP contribution in [0.5, 0.6) is 0 Å². The largest absolute Gasteiger partial charge is 0.481 e. The molecule has 1 saturated heterocycles.